The Labute approximate surface area is 128 Å². The Morgan fingerprint density at radius 1 is 1.30 bits per heavy atom. The minimum absolute atomic E-state index is 0.0204. The number of alkyl halides is 2. The summed E-state index contributed by atoms with van der Waals surface area (Å²) >= 11 is 11.0. The quantitative estimate of drug-likeness (QED) is 0.383. The molecule has 3 amide bonds. The Morgan fingerprint density at radius 3 is 2.40 bits per heavy atom. The first-order valence-electron chi connectivity index (χ1n) is 6.32. The maximum Gasteiger partial charge on any atom is 0.341 e. The van der Waals surface area contributed by atoms with Crippen LogP contribution >= 0.6 is 23.2 Å². The summed E-state index contributed by atoms with van der Waals surface area (Å²) in [6.07, 6.45) is 0.684. The van der Waals surface area contributed by atoms with Gasteiger partial charge in [-0.2, -0.15) is 5.01 Å². The van der Waals surface area contributed by atoms with Crippen molar-refractivity contribution in [2.75, 3.05) is 24.8 Å². The molecule has 0 aliphatic rings. The van der Waals surface area contributed by atoms with Gasteiger partial charge in [0, 0.05) is 18.3 Å². The van der Waals surface area contributed by atoms with Gasteiger partial charge in [0.1, 0.15) is 6.04 Å². The van der Waals surface area contributed by atoms with Crippen LogP contribution in [-0.4, -0.2) is 47.8 Å². The van der Waals surface area contributed by atoms with Crippen LogP contribution in [0.5, 0.6) is 0 Å². The first-order valence-corrected chi connectivity index (χ1v) is 7.39. The van der Waals surface area contributed by atoms with Gasteiger partial charge in [0.05, 0.1) is 11.8 Å². The molecule has 0 aliphatic heterocycles. The number of hydrogen-bond acceptors (Lipinski definition) is 4. The molecule has 7 nitrogen and oxygen atoms in total. The van der Waals surface area contributed by atoms with Gasteiger partial charge in [-0.15, -0.1) is 28.1 Å². The molecule has 0 bridgehead atoms. The monoisotopic (exact) mass is 326 g/mol. The number of nitrogens with zero attached hydrogens (tertiary/aromatic N) is 2. The summed E-state index contributed by atoms with van der Waals surface area (Å²) in [7, 11) is 0. The number of nitrogens with one attached hydrogen (secondary N) is 2. The topological polar surface area (TPSA) is 90.9 Å². The lowest BCUT2D eigenvalue weighted by molar-refractivity contribution is -0.124. The van der Waals surface area contributed by atoms with Crippen molar-refractivity contribution in [3.8, 4) is 0 Å². The summed E-state index contributed by atoms with van der Waals surface area (Å²) < 4.78 is 0. The Bertz CT molecular complexity index is 331. The summed E-state index contributed by atoms with van der Waals surface area (Å²) in [6.45, 7) is 4.01. The van der Waals surface area contributed by atoms with Crippen LogP contribution in [0.1, 0.15) is 20.3 Å². The van der Waals surface area contributed by atoms with Gasteiger partial charge in [0.15, 0.2) is 0 Å². The summed E-state index contributed by atoms with van der Waals surface area (Å²) in [6, 6.07) is -1.50. The number of carbonyl (C=O) groups excluding carboxylic acids is 2. The summed E-state index contributed by atoms with van der Waals surface area (Å²) in [5, 5.41) is 8.32. The number of carbonyl (C=O) groups is 2. The van der Waals surface area contributed by atoms with Crippen LogP contribution in [0, 0.1) is 10.8 Å². The van der Waals surface area contributed by atoms with E-state index < -0.39 is 12.1 Å². The highest BCUT2D eigenvalue weighted by molar-refractivity contribution is 6.18. The van der Waals surface area contributed by atoms with Gasteiger partial charge in [0.25, 0.3) is 0 Å². The maximum atomic E-state index is 12.0. The molecule has 9 heteroatoms. The molecular formula is C11H20Cl2N4O3. The van der Waals surface area contributed by atoms with E-state index in [1.165, 1.54) is 0 Å². The first-order chi connectivity index (χ1) is 9.51. The minimum atomic E-state index is -0.754. The third-order valence-corrected chi connectivity index (χ3v) is 3.16. The van der Waals surface area contributed by atoms with Crippen molar-refractivity contribution in [2.45, 2.75) is 26.3 Å². The van der Waals surface area contributed by atoms with Crippen LogP contribution in [0.4, 0.5) is 4.79 Å². The predicted octanol–water partition coefficient (Wildman–Crippen LogP) is 1.69. The Hall–Kier alpha value is -1.08. The molecule has 0 saturated heterocycles. The highest BCUT2D eigenvalue weighted by Crippen LogP contribution is 2.09. The van der Waals surface area contributed by atoms with Crippen molar-refractivity contribution >= 4 is 35.1 Å². The second kappa shape index (κ2) is 10.7. The zero-order valence-corrected chi connectivity index (χ0v) is 13.1. The number of urea groups is 1. The smallest absolute Gasteiger partial charge is 0.341 e. The zero-order valence-electron chi connectivity index (χ0n) is 11.6. The third-order valence-electron chi connectivity index (χ3n) is 2.80. The van der Waals surface area contributed by atoms with Crippen LogP contribution in [0.15, 0.2) is 5.29 Å². The van der Waals surface area contributed by atoms with E-state index in [-0.39, 0.29) is 30.1 Å². The fraction of sp³-hybridized carbons (Fsp3) is 0.818. The van der Waals surface area contributed by atoms with E-state index in [2.05, 4.69) is 15.9 Å². The summed E-state index contributed by atoms with van der Waals surface area (Å²) in [5.41, 5.74) is 0. The largest absolute Gasteiger partial charge is 0.353 e. The van der Waals surface area contributed by atoms with Gasteiger partial charge in [0.2, 0.25) is 5.91 Å². The number of rotatable bonds is 9. The molecule has 20 heavy (non-hydrogen) atoms. The average molecular weight is 327 g/mol. The fourth-order valence-electron chi connectivity index (χ4n) is 1.45. The number of nitroso groups, excluding NO2 is 1. The number of halogens is 2. The van der Waals surface area contributed by atoms with Crippen molar-refractivity contribution in [1.82, 2.24) is 15.6 Å². The van der Waals surface area contributed by atoms with E-state index in [1.807, 2.05) is 13.8 Å². The molecule has 0 spiro atoms. The fourth-order valence-corrected chi connectivity index (χ4v) is 1.70. The minimum Gasteiger partial charge on any atom is -0.353 e. The van der Waals surface area contributed by atoms with Gasteiger partial charge in [-0.05, 0) is 5.92 Å². The highest BCUT2D eigenvalue weighted by atomic mass is 35.5. The molecule has 2 unspecified atom stereocenters. The normalized spacial score (nSPS) is 13.2. The van der Waals surface area contributed by atoms with Crippen LogP contribution in [0.3, 0.4) is 0 Å². The lowest BCUT2D eigenvalue weighted by Gasteiger charge is -2.24. The molecule has 2 atom stereocenters. The molecule has 0 heterocycles. The van der Waals surface area contributed by atoms with Crippen molar-refractivity contribution in [3.63, 3.8) is 0 Å². The molecule has 0 radical (unpaired) electrons. The maximum absolute atomic E-state index is 12.0. The lowest BCUT2D eigenvalue weighted by atomic mass is 9.98. The van der Waals surface area contributed by atoms with Crippen LogP contribution in [0.2, 0.25) is 0 Å². The summed E-state index contributed by atoms with van der Waals surface area (Å²) in [5.74, 6) is -0.0869. The Kier molecular flexibility index (Phi) is 10.1. The molecular weight excluding hydrogens is 307 g/mol. The molecule has 0 fully saturated rings. The second-order valence-electron chi connectivity index (χ2n) is 4.19. The molecule has 0 rings (SSSR count). The predicted molar refractivity (Wildman–Crippen MR) is 78.7 cm³/mol. The van der Waals surface area contributed by atoms with Crippen LogP contribution in [-0.2, 0) is 4.79 Å². The Balaban J connectivity index is 4.75. The van der Waals surface area contributed by atoms with E-state index in [0.717, 1.165) is 0 Å². The highest BCUT2D eigenvalue weighted by Gasteiger charge is 2.27. The van der Waals surface area contributed by atoms with E-state index >= 15 is 0 Å². The van der Waals surface area contributed by atoms with Crippen molar-refractivity contribution in [2.24, 2.45) is 11.2 Å². The second-order valence-corrected chi connectivity index (χ2v) is 4.94. The van der Waals surface area contributed by atoms with Crippen LogP contribution in [0.25, 0.3) is 0 Å². The van der Waals surface area contributed by atoms with Gasteiger partial charge >= 0.3 is 6.03 Å². The average Bonchev–Trinajstić information content (AvgIpc) is 2.46. The van der Waals surface area contributed by atoms with Crippen molar-refractivity contribution < 1.29 is 9.59 Å². The van der Waals surface area contributed by atoms with Crippen molar-refractivity contribution in [1.29, 1.82) is 0 Å². The Morgan fingerprint density at radius 2 is 1.95 bits per heavy atom. The number of hydrogen-bond donors (Lipinski definition) is 2. The van der Waals surface area contributed by atoms with E-state index in [4.69, 9.17) is 23.2 Å². The molecule has 2 N–H and O–H groups in total. The third kappa shape index (κ3) is 6.38. The molecule has 116 valence electrons. The SMILES string of the molecule is CCC(C)C(NC(=O)N(CCCl)N=O)C(=O)NCCCl. The molecule has 0 aromatic carbocycles. The van der Waals surface area contributed by atoms with E-state index in [9.17, 15) is 14.5 Å². The zero-order chi connectivity index (χ0) is 15.5. The van der Waals surface area contributed by atoms with Gasteiger partial charge in [-0.25, -0.2) is 4.79 Å². The standard InChI is InChI=1S/C11H20Cl2N4O3/c1-3-8(2)9(10(18)14-6-4-12)15-11(19)17(16-20)7-5-13/h8-9H,3-7H2,1-2H3,(H,14,18)(H,15,19). The molecule has 0 aromatic heterocycles. The van der Waals surface area contributed by atoms with E-state index in [1.54, 1.807) is 0 Å². The van der Waals surface area contributed by atoms with E-state index in [0.29, 0.717) is 18.0 Å². The molecule has 0 saturated carbocycles. The van der Waals surface area contributed by atoms with Gasteiger partial charge in [-0.1, -0.05) is 20.3 Å². The lowest BCUT2D eigenvalue weighted by Crippen LogP contribution is -2.53. The number of amides is 3. The van der Waals surface area contributed by atoms with Gasteiger partial charge < -0.3 is 10.6 Å². The summed E-state index contributed by atoms with van der Waals surface area (Å²) in [4.78, 5) is 34.3. The van der Waals surface area contributed by atoms with Gasteiger partial charge in [-0.3, -0.25) is 4.79 Å². The molecule has 0 aliphatic carbocycles. The van der Waals surface area contributed by atoms with Crippen LogP contribution < -0.4 is 10.6 Å². The first kappa shape index (κ1) is 18.9. The molecule has 0 aromatic rings. The van der Waals surface area contributed by atoms with Crippen molar-refractivity contribution in [3.05, 3.63) is 4.91 Å².